The van der Waals surface area contributed by atoms with Crippen molar-refractivity contribution in [3.63, 3.8) is 0 Å². The molecule has 0 unspecified atom stereocenters. The summed E-state index contributed by atoms with van der Waals surface area (Å²) in [7, 11) is 1.69. The highest BCUT2D eigenvalue weighted by Crippen LogP contribution is 2.26. The summed E-state index contributed by atoms with van der Waals surface area (Å²) in [6.45, 7) is 10.7. The van der Waals surface area contributed by atoms with E-state index in [0.717, 1.165) is 41.9 Å². The van der Waals surface area contributed by atoms with E-state index < -0.39 is 0 Å². The smallest absolute Gasteiger partial charge is 0.282 e. The summed E-state index contributed by atoms with van der Waals surface area (Å²) in [5.74, 6) is 0.658. The van der Waals surface area contributed by atoms with Gasteiger partial charge >= 0.3 is 5.69 Å². The van der Waals surface area contributed by atoms with Gasteiger partial charge in [0.1, 0.15) is 0 Å². The molecule has 0 spiro atoms. The molecular formula is C23H29N5O2. The summed E-state index contributed by atoms with van der Waals surface area (Å²) >= 11 is 0. The molecule has 0 bridgehead atoms. The predicted octanol–water partition coefficient (Wildman–Crippen LogP) is 3.56. The fourth-order valence-electron chi connectivity index (χ4n) is 4.31. The lowest BCUT2D eigenvalue weighted by atomic mass is 10.1. The third-order valence-corrected chi connectivity index (χ3v) is 6.10. The van der Waals surface area contributed by atoms with Crippen LogP contribution in [0.5, 0.6) is 0 Å². The molecule has 3 heterocycles. The zero-order valence-electron chi connectivity index (χ0n) is 18.6. The number of hydrogen-bond donors (Lipinski definition) is 0. The van der Waals surface area contributed by atoms with E-state index in [1.807, 2.05) is 18.2 Å². The normalized spacial score (nSPS) is 11.8. The third kappa shape index (κ3) is 2.83. The molecule has 0 N–H and O–H groups in total. The van der Waals surface area contributed by atoms with Crippen molar-refractivity contribution in [3.8, 4) is 5.69 Å². The molecule has 7 heteroatoms. The molecule has 0 atom stereocenters. The van der Waals surface area contributed by atoms with Gasteiger partial charge in [0.25, 0.3) is 5.56 Å². The number of imidazole rings is 2. The minimum absolute atomic E-state index is 0.266. The molecule has 0 radical (unpaired) electrons. The van der Waals surface area contributed by atoms with Gasteiger partial charge in [-0.15, -0.1) is 0 Å². The monoisotopic (exact) mass is 407 g/mol. The molecule has 0 fully saturated rings. The molecule has 0 saturated heterocycles. The summed E-state index contributed by atoms with van der Waals surface area (Å²) in [4.78, 5) is 31.0. The van der Waals surface area contributed by atoms with Crippen LogP contribution < -0.4 is 11.2 Å². The second-order valence-electron chi connectivity index (χ2n) is 8.22. The summed E-state index contributed by atoms with van der Waals surface area (Å²) in [6.07, 6.45) is 2.82. The van der Waals surface area contributed by atoms with Crippen LogP contribution in [0, 0.1) is 27.7 Å². The van der Waals surface area contributed by atoms with Crippen LogP contribution in [-0.4, -0.2) is 23.1 Å². The van der Waals surface area contributed by atoms with Crippen molar-refractivity contribution in [1.29, 1.82) is 0 Å². The molecule has 0 saturated carbocycles. The van der Waals surface area contributed by atoms with E-state index >= 15 is 0 Å². The topological polar surface area (TPSA) is 66.2 Å². The molecule has 4 aromatic rings. The van der Waals surface area contributed by atoms with Crippen molar-refractivity contribution in [1.82, 2.24) is 23.1 Å². The molecule has 0 aliphatic heterocycles. The number of benzene rings is 1. The van der Waals surface area contributed by atoms with Crippen LogP contribution in [-0.2, 0) is 13.6 Å². The molecule has 4 rings (SSSR count). The first-order chi connectivity index (χ1) is 14.3. The maximum atomic E-state index is 13.4. The largest absolute Gasteiger partial charge is 0.332 e. The van der Waals surface area contributed by atoms with E-state index in [1.54, 1.807) is 7.05 Å². The lowest BCUT2D eigenvalue weighted by Crippen LogP contribution is -2.39. The van der Waals surface area contributed by atoms with Crippen LogP contribution in [0.15, 0.2) is 27.8 Å². The lowest BCUT2D eigenvalue weighted by molar-refractivity contribution is 0.550. The zero-order valence-corrected chi connectivity index (χ0v) is 18.6. The Hall–Kier alpha value is -3.09. The average Bonchev–Trinajstić information content (AvgIpc) is 3.20. The number of fused-ring (bicyclic) bond motifs is 3. The van der Waals surface area contributed by atoms with Gasteiger partial charge in [0.2, 0.25) is 5.78 Å². The number of nitrogens with zero attached hydrogens (tertiary/aromatic N) is 5. The van der Waals surface area contributed by atoms with Crippen molar-refractivity contribution in [2.45, 2.75) is 60.4 Å². The molecular weight excluding hydrogens is 378 g/mol. The van der Waals surface area contributed by atoms with Gasteiger partial charge in [-0.2, -0.15) is 4.98 Å². The van der Waals surface area contributed by atoms with Crippen molar-refractivity contribution in [3.05, 3.63) is 61.6 Å². The first kappa shape index (κ1) is 20.2. The second kappa shape index (κ2) is 7.31. The lowest BCUT2D eigenvalue weighted by Gasteiger charge is -2.11. The predicted molar refractivity (Wildman–Crippen MR) is 120 cm³/mol. The van der Waals surface area contributed by atoms with Crippen molar-refractivity contribution >= 4 is 16.9 Å². The number of rotatable bonds is 5. The Morgan fingerprint density at radius 1 is 1.00 bits per heavy atom. The standard InChI is InChI=1S/C23H29N5O2/c1-7-8-9-12-26-21(29)19-20(25(6)23(26)30)24-22-27(16(4)17(5)28(19)22)18-11-10-14(2)13-15(18)3/h10-11,13H,7-9,12H2,1-6H3. The van der Waals surface area contributed by atoms with Crippen LogP contribution >= 0.6 is 0 Å². The Morgan fingerprint density at radius 2 is 1.73 bits per heavy atom. The Labute approximate surface area is 175 Å². The second-order valence-corrected chi connectivity index (χ2v) is 8.22. The van der Waals surface area contributed by atoms with Gasteiger partial charge in [0.15, 0.2) is 11.2 Å². The molecule has 3 aromatic heterocycles. The van der Waals surface area contributed by atoms with Crippen molar-refractivity contribution in [2.24, 2.45) is 7.05 Å². The first-order valence-corrected chi connectivity index (χ1v) is 10.6. The van der Waals surface area contributed by atoms with Crippen LogP contribution in [0.25, 0.3) is 22.6 Å². The quantitative estimate of drug-likeness (QED) is 0.475. The Kier molecular flexibility index (Phi) is 4.92. The molecule has 0 aliphatic rings. The van der Waals surface area contributed by atoms with E-state index in [0.29, 0.717) is 23.5 Å². The number of unbranched alkanes of at least 4 members (excludes halogenated alkanes) is 2. The number of aromatic nitrogens is 5. The molecule has 158 valence electrons. The van der Waals surface area contributed by atoms with Crippen LogP contribution in [0.2, 0.25) is 0 Å². The Bertz CT molecular complexity index is 1400. The van der Waals surface area contributed by atoms with E-state index in [4.69, 9.17) is 4.98 Å². The van der Waals surface area contributed by atoms with Gasteiger partial charge in [0.05, 0.1) is 5.69 Å². The van der Waals surface area contributed by atoms with Crippen molar-refractivity contribution in [2.75, 3.05) is 0 Å². The maximum Gasteiger partial charge on any atom is 0.332 e. The number of aryl methyl sites for hydroxylation is 4. The fourth-order valence-corrected chi connectivity index (χ4v) is 4.31. The van der Waals surface area contributed by atoms with Gasteiger partial charge in [0, 0.05) is 25.0 Å². The van der Waals surface area contributed by atoms with Crippen LogP contribution in [0.3, 0.4) is 0 Å². The van der Waals surface area contributed by atoms with Gasteiger partial charge in [-0.1, -0.05) is 37.5 Å². The molecule has 0 aliphatic carbocycles. The average molecular weight is 408 g/mol. The summed E-state index contributed by atoms with van der Waals surface area (Å²) in [5, 5.41) is 0. The molecule has 7 nitrogen and oxygen atoms in total. The minimum atomic E-state index is -0.309. The van der Waals surface area contributed by atoms with E-state index in [-0.39, 0.29) is 11.2 Å². The van der Waals surface area contributed by atoms with E-state index in [9.17, 15) is 9.59 Å². The summed E-state index contributed by atoms with van der Waals surface area (Å²) < 4.78 is 6.84. The Morgan fingerprint density at radius 3 is 2.40 bits per heavy atom. The highest BCUT2D eigenvalue weighted by molar-refractivity contribution is 5.77. The minimum Gasteiger partial charge on any atom is -0.282 e. The first-order valence-electron chi connectivity index (χ1n) is 10.6. The van der Waals surface area contributed by atoms with Gasteiger partial charge in [-0.25, -0.2) is 4.79 Å². The highest BCUT2D eigenvalue weighted by atomic mass is 16.2. The van der Waals surface area contributed by atoms with Gasteiger partial charge in [-0.05, 0) is 45.7 Å². The maximum absolute atomic E-state index is 13.4. The van der Waals surface area contributed by atoms with Crippen LogP contribution in [0.4, 0.5) is 0 Å². The summed E-state index contributed by atoms with van der Waals surface area (Å²) in [6, 6.07) is 6.30. The van der Waals surface area contributed by atoms with Gasteiger partial charge < -0.3 is 0 Å². The highest BCUT2D eigenvalue weighted by Gasteiger charge is 2.23. The fraction of sp³-hybridized carbons (Fsp3) is 0.435. The van der Waals surface area contributed by atoms with E-state index in [2.05, 4.69) is 43.5 Å². The molecule has 0 amide bonds. The number of hydrogen-bond acceptors (Lipinski definition) is 3. The Balaban J connectivity index is 2.09. The molecule has 30 heavy (non-hydrogen) atoms. The van der Waals surface area contributed by atoms with Gasteiger partial charge in [-0.3, -0.25) is 22.9 Å². The van der Waals surface area contributed by atoms with E-state index in [1.165, 1.54) is 14.7 Å². The third-order valence-electron chi connectivity index (χ3n) is 6.10. The van der Waals surface area contributed by atoms with Crippen molar-refractivity contribution < 1.29 is 0 Å². The summed E-state index contributed by atoms with van der Waals surface area (Å²) in [5.41, 5.74) is 5.64. The molecule has 1 aromatic carbocycles. The SMILES string of the molecule is CCCCCn1c(=O)c2c(nc3n(-c4ccc(C)cc4C)c(C)c(C)n23)n(C)c1=O. The van der Waals surface area contributed by atoms with Crippen LogP contribution in [0.1, 0.15) is 48.7 Å². The zero-order chi connectivity index (χ0) is 21.7.